The number of amides is 2. The summed E-state index contributed by atoms with van der Waals surface area (Å²) in [6.07, 6.45) is 2.91. The second kappa shape index (κ2) is 9.58. The number of urea groups is 1. The van der Waals surface area contributed by atoms with E-state index in [0.29, 0.717) is 49.9 Å². The summed E-state index contributed by atoms with van der Waals surface area (Å²) in [7, 11) is 1.83. The van der Waals surface area contributed by atoms with Crippen LogP contribution in [0, 0.1) is 6.92 Å². The van der Waals surface area contributed by atoms with Crippen LogP contribution in [0.2, 0.25) is 0 Å². The van der Waals surface area contributed by atoms with Gasteiger partial charge in [0.1, 0.15) is 28.6 Å². The molecule has 1 aromatic heterocycles. The standard InChI is InChI=1S/C24H27IN4O3/c1-18-8-9-20-21(14-18)26-17-29(22(20)30)16-24(32-25)10-12-28(13-11-24)23(31)27(2)15-19-6-4-3-5-7-19/h3-9,14,17H,10-13,15-16H2,1-2H3. The molecule has 2 heterocycles. The Morgan fingerprint density at radius 2 is 1.91 bits per heavy atom. The first-order valence-corrected chi connectivity index (χ1v) is 11.6. The molecule has 3 aromatic rings. The van der Waals surface area contributed by atoms with E-state index < -0.39 is 5.60 Å². The lowest BCUT2D eigenvalue weighted by atomic mass is 9.91. The van der Waals surface area contributed by atoms with Gasteiger partial charge in [0.25, 0.3) is 5.56 Å². The summed E-state index contributed by atoms with van der Waals surface area (Å²) in [5.74, 6) is 0. The number of piperidine rings is 1. The van der Waals surface area contributed by atoms with Gasteiger partial charge >= 0.3 is 6.03 Å². The van der Waals surface area contributed by atoms with Crippen molar-refractivity contribution < 1.29 is 7.86 Å². The number of rotatable bonds is 5. The van der Waals surface area contributed by atoms with E-state index in [1.165, 1.54) is 0 Å². The van der Waals surface area contributed by atoms with Crippen LogP contribution >= 0.6 is 23.0 Å². The Labute approximate surface area is 201 Å². The lowest BCUT2D eigenvalue weighted by Crippen LogP contribution is -2.52. The van der Waals surface area contributed by atoms with E-state index in [4.69, 9.17) is 3.07 Å². The fraction of sp³-hybridized carbons (Fsp3) is 0.375. The van der Waals surface area contributed by atoms with Gasteiger partial charge in [0.2, 0.25) is 0 Å². The van der Waals surface area contributed by atoms with Crippen LogP contribution in [0.25, 0.3) is 10.9 Å². The molecule has 168 valence electrons. The number of benzene rings is 2. The first-order valence-electron chi connectivity index (χ1n) is 10.7. The Kier molecular flexibility index (Phi) is 6.80. The highest BCUT2D eigenvalue weighted by Gasteiger charge is 2.38. The highest BCUT2D eigenvalue weighted by atomic mass is 127. The number of aryl methyl sites for hydroxylation is 1. The third-order valence-electron chi connectivity index (χ3n) is 6.14. The van der Waals surface area contributed by atoms with Crippen molar-refractivity contribution in [1.29, 1.82) is 0 Å². The fourth-order valence-corrected chi connectivity index (χ4v) is 4.80. The summed E-state index contributed by atoms with van der Waals surface area (Å²) in [4.78, 5) is 34.0. The van der Waals surface area contributed by atoms with Crippen molar-refractivity contribution >= 4 is 39.9 Å². The number of likely N-dealkylation sites (tertiary alicyclic amines) is 1. The fourth-order valence-electron chi connectivity index (χ4n) is 4.22. The second-order valence-electron chi connectivity index (χ2n) is 8.57. The predicted molar refractivity (Wildman–Crippen MR) is 133 cm³/mol. The smallest absolute Gasteiger partial charge is 0.320 e. The average Bonchev–Trinajstić information content (AvgIpc) is 2.81. The van der Waals surface area contributed by atoms with Gasteiger partial charge in [-0.25, -0.2) is 9.78 Å². The number of nitrogens with zero attached hydrogens (tertiary/aromatic N) is 4. The van der Waals surface area contributed by atoms with Gasteiger partial charge in [-0.05, 0) is 43.0 Å². The molecule has 0 radical (unpaired) electrons. The molecule has 32 heavy (non-hydrogen) atoms. The molecule has 0 saturated carbocycles. The normalized spacial score (nSPS) is 15.7. The summed E-state index contributed by atoms with van der Waals surface area (Å²) in [5, 5.41) is 0.608. The molecule has 2 aromatic carbocycles. The van der Waals surface area contributed by atoms with E-state index >= 15 is 0 Å². The summed E-state index contributed by atoms with van der Waals surface area (Å²) in [6, 6.07) is 15.6. The van der Waals surface area contributed by atoms with Gasteiger partial charge in [-0.3, -0.25) is 9.36 Å². The summed E-state index contributed by atoms with van der Waals surface area (Å²) >= 11 is 1.92. The highest BCUT2D eigenvalue weighted by Crippen LogP contribution is 2.31. The number of aromatic nitrogens is 2. The SMILES string of the molecule is Cc1ccc2c(=O)n(CC3(OI)CCN(C(=O)N(C)Cc4ccccc4)CC3)cnc2c1. The zero-order valence-electron chi connectivity index (χ0n) is 18.3. The van der Waals surface area contributed by atoms with Crippen LogP contribution in [-0.4, -0.2) is 51.1 Å². The number of fused-ring (bicyclic) bond motifs is 1. The van der Waals surface area contributed by atoms with Gasteiger partial charge < -0.3 is 12.9 Å². The Morgan fingerprint density at radius 3 is 2.59 bits per heavy atom. The first-order chi connectivity index (χ1) is 15.4. The van der Waals surface area contributed by atoms with E-state index in [0.717, 1.165) is 11.1 Å². The zero-order valence-corrected chi connectivity index (χ0v) is 20.5. The summed E-state index contributed by atoms with van der Waals surface area (Å²) < 4.78 is 7.52. The maximum absolute atomic E-state index is 13.0. The molecule has 0 spiro atoms. The molecule has 1 fully saturated rings. The maximum atomic E-state index is 13.0. The summed E-state index contributed by atoms with van der Waals surface area (Å²) in [6.45, 7) is 4.12. The third kappa shape index (κ3) is 4.80. The molecular formula is C24H27IN4O3. The first kappa shape index (κ1) is 22.7. The van der Waals surface area contributed by atoms with Gasteiger partial charge in [-0.2, -0.15) is 0 Å². The minimum atomic E-state index is -0.515. The molecule has 7 nitrogen and oxygen atoms in total. The molecule has 0 bridgehead atoms. The molecular weight excluding hydrogens is 519 g/mol. The lowest BCUT2D eigenvalue weighted by molar-refractivity contribution is 0.0272. The van der Waals surface area contributed by atoms with Crippen molar-refractivity contribution in [2.45, 2.75) is 38.5 Å². The third-order valence-corrected chi connectivity index (χ3v) is 7.07. The largest absolute Gasteiger partial charge is 0.324 e. The maximum Gasteiger partial charge on any atom is 0.320 e. The van der Waals surface area contributed by atoms with Crippen molar-refractivity contribution in [2.24, 2.45) is 0 Å². The predicted octanol–water partition coefficient (Wildman–Crippen LogP) is 4.16. The Balaban J connectivity index is 1.43. The molecule has 1 saturated heterocycles. The number of halogens is 1. The van der Waals surface area contributed by atoms with Crippen molar-refractivity contribution in [3.05, 3.63) is 76.3 Å². The second-order valence-corrected chi connectivity index (χ2v) is 9.01. The monoisotopic (exact) mass is 546 g/mol. The molecule has 0 aliphatic carbocycles. The van der Waals surface area contributed by atoms with Crippen LogP contribution in [0.4, 0.5) is 4.79 Å². The van der Waals surface area contributed by atoms with E-state index in [1.54, 1.807) is 15.8 Å². The van der Waals surface area contributed by atoms with Crippen LogP contribution in [0.3, 0.4) is 0 Å². The van der Waals surface area contributed by atoms with Crippen LogP contribution in [-0.2, 0) is 16.2 Å². The zero-order chi connectivity index (χ0) is 22.7. The van der Waals surface area contributed by atoms with Gasteiger partial charge in [0, 0.05) is 26.7 Å². The van der Waals surface area contributed by atoms with Crippen molar-refractivity contribution in [3.8, 4) is 0 Å². The Hall–Kier alpha value is -2.46. The highest BCUT2D eigenvalue weighted by molar-refractivity contribution is 14.1. The van der Waals surface area contributed by atoms with E-state index in [9.17, 15) is 9.59 Å². The topological polar surface area (TPSA) is 67.7 Å². The van der Waals surface area contributed by atoms with Crippen molar-refractivity contribution in [1.82, 2.24) is 19.4 Å². The van der Waals surface area contributed by atoms with Gasteiger partial charge in [-0.15, -0.1) is 0 Å². The molecule has 8 heteroatoms. The van der Waals surface area contributed by atoms with Gasteiger partial charge in [0.15, 0.2) is 0 Å². The number of hydrogen-bond donors (Lipinski definition) is 0. The summed E-state index contributed by atoms with van der Waals surface area (Å²) in [5.41, 5.74) is 2.30. The van der Waals surface area contributed by atoms with Crippen molar-refractivity contribution in [3.63, 3.8) is 0 Å². The van der Waals surface area contributed by atoms with Crippen LogP contribution in [0.1, 0.15) is 24.0 Å². The van der Waals surface area contributed by atoms with Crippen molar-refractivity contribution in [2.75, 3.05) is 20.1 Å². The quantitative estimate of drug-likeness (QED) is 0.451. The molecule has 0 unspecified atom stereocenters. The molecule has 2 amide bonds. The Morgan fingerprint density at radius 1 is 1.19 bits per heavy atom. The number of carbonyl (C=O) groups is 1. The van der Waals surface area contributed by atoms with Crippen LogP contribution < -0.4 is 5.56 Å². The van der Waals surface area contributed by atoms with E-state index in [-0.39, 0.29) is 11.6 Å². The molecule has 0 atom stereocenters. The lowest BCUT2D eigenvalue weighted by Gasteiger charge is -2.41. The minimum Gasteiger partial charge on any atom is -0.324 e. The minimum absolute atomic E-state index is 0.0100. The van der Waals surface area contributed by atoms with Crippen LogP contribution in [0.5, 0.6) is 0 Å². The number of carbonyl (C=O) groups excluding carboxylic acids is 1. The average molecular weight is 546 g/mol. The van der Waals surface area contributed by atoms with Crippen LogP contribution in [0.15, 0.2) is 59.7 Å². The van der Waals surface area contributed by atoms with Gasteiger partial charge in [0.05, 0.1) is 23.8 Å². The Bertz CT molecular complexity index is 1160. The van der Waals surface area contributed by atoms with E-state index in [2.05, 4.69) is 4.98 Å². The van der Waals surface area contributed by atoms with Gasteiger partial charge in [-0.1, -0.05) is 36.4 Å². The van der Waals surface area contributed by atoms with E-state index in [1.807, 2.05) is 90.4 Å². The molecule has 0 N–H and O–H groups in total. The molecule has 1 aliphatic heterocycles. The molecule has 1 aliphatic rings. The number of hydrogen-bond acceptors (Lipinski definition) is 4. The molecule has 4 rings (SSSR count).